The van der Waals surface area contributed by atoms with Gasteiger partial charge in [-0.15, -0.1) is 0 Å². The molecule has 32 heavy (non-hydrogen) atoms. The van der Waals surface area contributed by atoms with E-state index in [9.17, 15) is 14.0 Å². The van der Waals surface area contributed by atoms with Crippen LogP contribution in [0.2, 0.25) is 5.02 Å². The van der Waals surface area contributed by atoms with Gasteiger partial charge in [0.05, 0.1) is 0 Å². The Kier molecular flexibility index (Phi) is 8.91. The van der Waals surface area contributed by atoms with Crippen molar-refractivity contribution >= 4 is 23.4 Å². The number of ether oxygens (including phenoxy) is 1. The standard InChI is InChI=1S/C25H30ClFN2O3/c1-2-23(25(31)28-21-8-4-3-5-9-21)29(16-18-11-13-20(27)14-12-18)24(30)17-32-22-10-6-7-19(26)15-22/h6-7,10-15,21,23H,2-5,8-9,16-17H2,1H3,(H,28,31)/t23-/m0/s1. The maximum absolute atomic E-state index is 13.4. The van der Waals surface area contributed by atoms with E-state index < -0.39 is 6.04 Å². The number of rotatable bonds is 9. The van der Waals surface area contributed by atoms with Crippen molar-refractivity contribution in [3.63, 3.8) is 0 Å². The van der Waals surface area contributed by atoms with E-state index in [0.717, 1.165) is 31.2 Å². The number of amides is 2. The van der Waals surface area contributed by atoms with Crippen molar-refractivity contribution in [2.24, 2.45) is 0 Å². The lowest BCUT2D eigenvalue weighted by molar-refractivity contribution is -0.143. The summed E-state index contributed by atoms with van der Waals surface area (Å²) < 4.78 is 19.0. The van der Waals surface area contributed by atoms with Crippen LogP contribution < -0.4 is 10.1 Å². The summed E-state index contributed by atoms with van der Waals surface area (Å²) in [4.78, 5) is 27.8. The molecular weight excluding hydrogens is 431 g/mol. The quantitative estimate of drug-likeness (QED) is 0.565. The summed E-state index contributed by atoms with van der Waals surface area (Å²) in [5, 5.41) is 3.64. The first-order chi connectivity index (χ1) is 15.5. The lowest BCUT2D eigenvalue weighted by Crippen LogP contribution is -2.52. The molecule has 0 unspecified atom stereocenters. The fourth-order valence-electron chi connectivity index (χ4n) is 4.04. The zero-order chi connectivity index (χ0) is 22.9. The highest BCUT2D eigenvalue weighted by Gasteiger charge is 2.30. The highest BCUT2D eigenvalue weighted by Crippen LogP contribution is 2.20. The fraction of sp³-hybridized carbons (Fsp3) is 0.440. The highest BCUT2D eigenvalue weighted by molar-refractivity contribution is 6.30. The largest absolute Gasteiger partial charge is 0.484 e. The summed E-state index contributed by atoms with van der Waals surface area (Å²) >= 11 is 5.99. The van der Waals surface area contributed by atoms with Crippen LogP contribution in [0.15, 0.2) is 48.5 Å². The normalized spacial score (nSPS) is 15.1. The molecule has 2 aromatic carbocycles. The molecule has 0 spiro atoms. The minimum atomic E-state index is -0.641. The predicted molar refractivity (Wildman–Crippen MR) is 123 cm³/mol. The van der Waals surface area contributed by atoms with E-state index in [-0.39, 0.29) is 36.8 Å². The van der Waals surface area contributed by atoms with E-state index in [1.807, 2.05) is 6.92 Å². The Morgan fingerprint density at radius 3 is 2.53 bits per heavy atom. The second-order valence-corrected chi connectivity index (χ2v) is 8.60. The molecule has 0 saturated heterocycles. The van der Waals surface area contributed by atoms with Crippen LogP contribution >= 0.6 is 11.6 Å². The Bertz CT molecular complexity index is 900. The van der Waals surface area contributed by atoms with Gasteiger partial charge in [-0.3, -0.25) is 9.59 Å². The molecule has 1 aliphatic rings. The second-order valence-electron chi connectivity index (χ2n) is 8.16. The minimum absolute atomic E-state index is 0.149. The Balaban J connectivity index is 1.74. The van der Waals surface area contributed by atoms with Gasteiger partial charge >= 0.3 is 0 Å². The summed E-state index contributed by atoms with van der Waals surface area (Å²) in [7, 11) is 0. The molecule has 3 rings (SSSR count). The molecule has 0 aliphatic heterocycles. The number of benzene rings is 2. The van der Waals surface area contributed by atoms with Gasteiger partial charge in [-0.25, -0.2) is 4.39 Å². The van der Waals surface area contributed by atoms with Gasteiger partial charge in [-0.2, -0.15) is 0 Å². The topological polar surface area (TPSA) is 58.6 Å². The monoisotopic (exact) mass is 460 g/mol. The Hall–Kier alpha value is -2.60. The van der Waals surface area contributed by atoms with Gasteiger partial charge in [0.1, 0.15) is 17.6 Å². The number of hydrogen-bond donors (Lipinski definition) is 1. The Morgan fingerprint density at radius 2 is 1.88 bits per heavy atom. The zero-order valence-electron chi connectivity index (χ0n) is 18.4. The van der Waals surface area contributed by atoms with Crippen LogP contribution in [0.3, 0.4) is 0 Å². The zero-order valence-corrected chi connectivity index (χ0v) is 19.1. The van der Waals surface area contributed by atoms with Crippen LogP contribution in [-0.4, -0.2) is 35.4 Å². The third kappa shape index (κ3) is 6.95. The molecule has 0 bridgehead atoms. The van der Waals surface area contributed by atoms with Crippen LogP contribution in [0.4, 0.5) is 4.39 Å². The van der Waals surface area contributed by atoms with E-state index in [1.165, 1.54) is 23.5 Å². The number of carbonyl (C=O) groups excluding carboxylic acids is 2. The SMILES string of the molecule is CC[C@@H](C(=O)NC1CCCCC1)N(Cc1ccc(F)cc1)C(=O)COc1cccc(Cl)c1. The maximum Gasteiger partial charge on any atom is 0.261 e. The van der Waals surface area contributed by atoms with Crippen molar-refractivity contribution in [3.8, 4) is 5.75 Å². The minimum Gasteiger partial charge on any atom is -0.484 e. The summed E-state index contributed by atoms with van der Waals surface area (Å²) in [6.45, 7) is 1.84. The highest BCUT2D eigenvalue weighted by atomic mass is 35.5. The molecule has 1 saturated carbocycles. The van der Waals surface area contributed by atoms with E-state index in [2.05, 4.69) is 5.32 Å². The number of hydrogen-bond acceptors (Lipinski definition) is 3. The van der Waals surface area contributed by atoms with Gasteiger partial charge < -0.3 is 15.0 Å². The first-order valence-corrected chi connectivity index (χ1v) is 11.6. The fourth-order valence-corrected chi connectivity index (χ4v) is 4.22. The van der Waals surface area contributed by atoms with Gasteiger partial charge in [-0.05, 0) is 55.2 Å². The summed E-state index contributed by atoms with van der Waals surface area (Å²) in [6, 6.07) is 12.3. The third-order valence-corrected chi connectivity index (χ3v) is 6.00. The van der Waals surface area contributed by atoms with E-state index in [4.69, 9.17) is 16.3 Å². The molecule has 7 heteroatoms. The van der Waals surface area contributed by atoms with Crippen molar-refractivity contribution in [1.29, 1.82) is 0 Å². The first-order valence-electron chi connectivity index (χ1n) is 11.2. The van der Waals surface area contributed by atoms with Gasteiger partial charge in [0, 0.05) is 17.6 Å². The molecule has 1 fully saturated rings. The van der Waals surface area contributed by atoms with Crippen LogP contribution in [0, 0.1) is 5.82 Å². The summed E-state index contributed by atoms with van der Waals surface area (Å²) in [5.41, 5.74) is 0.742. The molecule has 2 aromatic rings. The van der Waals surface area contributed by atoms with Crippen LogP contribution in [-0.2, 0) is 16.1 Å². The van der Waals surface area contributed by atoms with E-state index in [1.54, 1.807) is 36.4 Å². The first kappa shape index (κ1) is 24.1. The van der Waals surface area contributed by atoms with Gasteiger partial charge in [0.15, 0.2) is 6.61 Å². The molecule has 0 aromatic heterocycles. The van der Waals surface area contributed by atoms with Gasteiger partial charge in [-0.1, -0.05) is 56.0 Å². The molecule has 5 nitrogen and oxygen atoms in total. The molecular formula is C25H30ClFN2O3. The average molecular weight is 461 g/mol. The van der Waals surface area contributed by atoms with Crippen molar-refractivity contribution in [2.75, 3.05) is 6.61 Å². The second kappa shape index (κ2) is 11.9. The Labute approximate surface area is 193 Å². The molecule has 1 atom stereocenters. The molecule has 2 amide bonds. The molecule has 0 radical (unpaired) electrons. The third-order valence-electron chi connectivity index (χ3n) is 5.76. The predicted octanol–water partition coefficient (Wildman–Crippen LogP) is 5.11. The molecule has 1 aliphatic carbocycles. The number of nitrogens with one attached hydrogen (secondary N) is 1. The van der Waals surface area contributed by atoms with Gasteiger partial charge in [0.2, 0.25) is 5.91 Å². The van der Waals surface area contributed by atoms with Crippen molar-refractivity contribution in [3.05, 3.63) is 64.9 Å². The summed E-state index contributed by atoms with van der Waals surface area (Å²) in [5.74, 6) is -0.345. The van der Waals surface area contributed by atoms with E-state index in [0.29, 0.717) is 17.2 Å². The lowest BCUT2D eigenvalue weighted by atomic mass is 9.95. The van der Waals surface area contributed by atoms with E-state index >= 15 is 0 Å². The van der Waals surface area contributed by atoms with Crippen molar-refractivity contribution < 1.29 is 18.7 Å². The van der Waals surface area contributed by atoms with Crippen LogP contribution in [0.1, 0.15) is 51.0 Å². The maximum atomic E-state index is 13.4. The number of halogens is 2. The molecule has 1 N–H and O–H groups in total. The summed E-state index contributed by atoms with van der Waals surface area (Å²) in [6.07, 6.45) is 5.79. The lowest BCUT2D eigenvalue weighted by Gasteiger charge is -2.32. The van der Waals surface area contributed by atoms with Gasteiger partial charge in [0.25, 0.3) is 5.91 Å². The smallest absolute Gasteiger partial charge is 0.261 e. The number of nitrogens with zero attached hydrogens (tertiary/aromatic N) is 1. The molecule has 172 valence electrons. The van der Waals surface area contributed by atoms with Crippen molar-refractivity contribution in [1.82, 2.24) is 10.2 Å². The Morgan fingerprint density at radius 1 is 1.16 bits per heavy atom. The average Bonchev–Trinajstić information content (AvgIpc) is 2.79. The van der Waals surface area contributed by atoms with Crippen LogP contribution in [0.5, 0.6) is 5.75 Å². The van der Waals surface area contributed by atoms with Crippen LogP contribution in [0.25, 0.3) is 0 Å². The molecule has 0 heterocycles. The van der Waals surface area contributed by atoms with Crippen molar-refractivity contribution in [2.45, 2.75) is 64.1 Å². The number of carbonyl (C=O) groups is 2.